The van der Waals surface area contributed by atoms with Gasteiger partial charge in [0, 0.05) is 34.5 Å². The van der Waals surface area contributed by atoms with Gasteiger partial charge in [-0.2, -0.15) is 0 Å². The molecule has 0 radical (unpaired) electrons. The van der Waals surface area contributed by atoms with Gasteiger partial charge in [-0.1, -0.05) is 5.16 Å². The molecule has 2 amide bonds. The lowest BCUT2D eigenvalue weighted by Gasteiger charge is -2.15. The van der Waals surface area contributed by atoms with Gasteiger partial charge in [0.05, 0.1) is 18.7 Å². The second-order valence-electron chi connectivity index (χ2n) is 8.28. The molecule has 3 aromatic rings. The minimum Gasteiger partial charge on any atom is -0.442 e. The van der Waals surface area contributed by atoms with Gasteiger partial charge < -0.3 is 19.3 Å². The molecule has 184 valence electrons. The number of cyclic esters (lactones) is 1. The molecule has 1 aliphatic carbocycles. The predicted molar refractivity (Wildman–Crippen MR) is 120 cm³/mol. The lowest BCUT2D eigenvalue weighted by Crippen LogP contribution is -2.33. The third-order valence-electron chi connectivity index (χ3n) is 5.87. The van der Waals surface area contributed by atoms with Gasteiger partial charge in [0.15, 0.2) is 5.76 Å². The van der Waals surface area contributed by atoms with Crippen molar-refractivity contribution in [1.29, 1.82) is 0 Å². The molecule has 35 heavy (non-hydrogen) atoms. The number of rotatable bonds is 5. The van der Waals surface area contributed by atoms with Crippen LogP contribution in [0.3, 0.4) is 0 Å². The highest BCUT2D eigenvalue weighted by Crippen LogP contribution is 2.43. The molecule has 0 spiro atoms. The van der Waals surface area contributed by atoms with Crippen LogP contribution in [0.5, 0.6) is 5.75 Å². The molecule has 2 aromatic heterocycles. The molecule has 1 aliphatic heterocycles. The van der Waals surface area contributed by atoms with E-state index in [2.05, 4.69) is 15.2 Å². The Bertz CT molecular complexity index is 1290. The first kappa shape index (κ1) is 23.2. The number of halogens is 3. The monoisotopic (exact) mass is 507 g/mol. The fraction of sp³-hybridized carbons (Fsp3) is 0.348. The summed E-state index contributed by atoms with van der Waals surface area (Å²) in [6.45, 7) is 1.93. The van der Waals surface area contributed by atoms with Crippen LogP contribution in [-0.4, -0.2) is 42.7 Å². The van der Waals surface area contributed by atoms with Crippen LogP contribution in [0, 0.1) is 0 Å². The number of anilines is 1. The number of hydrogen-bond donors (Lipinski definition) is 1. The zero-order valence-electron chi connectivity index (χ0n) is 18.5. The number of aryl methyl sites for hydroxylation is 1. The first-order chi connectivity index (χ1) is 16.7. The van der Waals surface area contributed by atoms with Gasteiger partial charge in [-0.3, -0.25) is 9.69 Å². The summed E-state index contributed by atoms with van der Waals surface area (Å²) < 4.78 is 53.6. The maximum absolute atomic E-state index is 12.8. The van der Waals surface area contributed by atoms with Crippen molar-refractivity contribution in [3.8, 4) is 28.3 Å². The molecule has 12 heteroatoms. The van der Waals surface area contributed by atoms with Gasteiger partial charge in [0.25, 0.3) is 0 Å². The van der Waals surface area contributed by atoms with Gasteiger partial charge in [0.2, 0.25) is 5.91 Å². The van der Waals surface area contributed by atoms with Crippen molar-refractivity contribution >= 4 is 29.0 Å². The molecule has 3 heterocycles. The number of thiophene rings is 1. The number of alkyl halides is 3. The number of fused-ring (bicyclic) bond motifs is 3. The number of carbonyl (C=O) groups excluding carboxylic acids is 2. The van der Waals surface area contributed by atoms with Crippen LogP contribution in [0.4, 0.5) is 23.7 Å². The largest absolute Gasteiger partial charge is 0.573 e. The minimum absolute atomic E-state index is 0.202. The van der Waals surface area contributed by atoms with Crippen molar-refractivity contribution < 1.29 is 36.8 Å². The molecule has 1 aromatic carbocycles. The quantitative estimate of drug-likeness (QED) is 0.527. The average molecular weight is 507 g/mol. The van der Waals surface area contributed by atoms with Crippen molar-refractivity contribution in [2.75, 3.05) is 18.0 Å². The molecule has 1 fully saturated rings. The number of nitrogens with zero attached hydrogens (tertiary/aromatic N) is 2. The lowest BCUT2D eigenvalue weighted by molar-refractivity contribution is -0.274. The van der Waals surface area contributed by atoms with E-state index in [4.69, 9.17) is 9.26 Å². The van der Waals surface area contributed by atoms with E-state index in [-0.39, 0.29) is 23.8 Å². The topological polar surface area (TPSA) is 93.9 Å². The molecular weight excluding hydrogens is 487 g/mol. The third kappa shape index (κ3) is 4.70. The summed E-state index contributed by atoms with van der Waals surface area (Å²) in [5, 5.41) is 9.59. The van der Waals surface area contributed by atoms with E-state index in [9.17, 15) is 22.8 Å². The standard InChI is InChI=1S/C23H20F3N3O5S/c1-12(30)27-8-15-9-29(22(31)32-15)14-5-6-16-13(7-14)3-2-4-17-20(28-34-21(16)17)18-10-35-11-19(18)33-23(24,25)26/h5-7,10-11,15H,2-4,8-9H2,1H3,(H,27,30). The summed E-state index contributed by atoms with van der Waals surface area (Å²) in [6.07, 6.45) is -3.80. The number of aromatic nitrogens is 1. The molecule has 1 unspecified atom stereocenters. The molecule has 1 atom stereocenters. The highest BCUT2D eigenvalue weighted by atomic mass is 32.1. The first-order valence-corrected chi connectivity index (χ1v) is 11.8. The van der Waals surface area contributed by atoms with E-state index in [0.717, 1.165) is 28.0 Å². The van der Waals surface area contributed by atoms with Gasteiger partial charge in [-0.25, -0.2) is 4.79 Å². The Labute approximate surface area is 201 Å². The van der Waals surface area contributed by atoms with E-state index < -0.39 is 18.6 Å². The molecule has 8 nitrogen and oxygen atoms in total. The summed E-state index contributed by atoms with van der Waals surface area (Å²) in [4.78, 5) is 25.1. The smallest absolute Gasteiger partial charge is 0.442 e. The molecule has 0 bridgehead atoms. The number of carbonyl (C=O) groups is 2. The Kier molecular flexibility index (Phi) is 5.91. The lowest BCUT2D eigenvalue weighted by atomic mass is 10.0. The maximum atomic E-state index is 12.8. The van der Waals surface area contributed by atoms with Crippen LogP contribution >= 0.6 is 11.3 Å². The highest BCUT2D eigenvalue weighted by Gasteiger charge is 2.35. The van der Waals surface area contributed by atoms with E-state index in [0.29, 0.717) is 42.9 Å². The fourth-order valence-electron chi connectivity index (χ4n) is 4.35. The number of ether oxygens (including phenoxy) is 2. The van der Waals surface area contributed by atoms with Crippen LogP contribution in [0.2, 0.25) is 0 Å². The van der Waals surface area contributed by atoms with Gasteiger partial charge >= 0.3 is 12.5 Å². The van der Waals surface area contributed by atoms with Crippen molar-refractivity contribution in [2.45, 2.75) is 38.7 Å². The van der Waals surface area contributed by atoms with E-state index in [1.807, 2.05) is 12.1 Å². The normalized spacial score (nSPS) is 17.4. The summed E-state index contributed by atoms with van der Waals surface area (Å²) >= 11 is 1.09. The van der Waals surface area contributed by atoms with E-state index in [1.165, 1.54) is 17.2 Å². The maximum Gasteiger partial charge on any atom is 0.573 e. The molecule has 2 aliphatic rings. The Morgan fingerprint density at radius 3 is 2.89 bits per heavy atom. The van der Waals surface area contributed by atoms with E-state index >= 15 is 0 Å². The second kappa shape index (κ2) is 8.91. The zero-order chi connectivity index (χ0) is 24.7. The fourth-order valence-corrected chi connectivity index (χ4v) is 5.08. The number of benzene rings is 1. The second-order valence-corrected chi connectivity index (χ2v) is 9.03. The van der Waals surface area contributed by atoms with Gasteiger partial charge in [0.1, 0.15) is 17.5 Å². The molecule has 5 rings (SSSR count). The average Bonchev–Trinajstić information content (AvgIpc) is 3.47. The Balaban J connectivity index is 1.43. The molecule has 1 saturated heterocycles. The van der Waals surface area contributed by atoms with Crippen LogP contribution in [0.15, 0.2) is 33.5 Å². The number of nitrogens with one attached hydrogen (secondary N) is 1. The van der Waals surface area contributed by atoms with E-state index in [1.54, 1.807) is 11.4 Å². The third-order valence-corrected chi connectivity index (χ3v) is 6.59. The van der Waals surface area contributed by atoms with Crippen molar-refractivity contribution in [2.24, 2.45) is 0 Å². The Morgan fingerprint density at radius 1 is 1.29 bits per heavy atom. The van der Waals surface area contributed by atoms with Crippen LogP contribution in [0.25, 0.3) is 22.6 Å². The molecule has 1 N–H and O–H groups in total. The predicted octanol–water partition coefficient (Wildman–Crippen LogP) is 4.92. The molecule has 0 saturated carbocycles. The van der Waals surface area contributed by atoms with Gasteiger partial charge in [-0.15, -0.1) is 24.5 Å². The highest BCUT2D eigenvalue weighted by molar-refractivity contribution is 7.08. The summed E-state index contributed by atoms with van der Waals surface area (Å²) in [5.74, 6) is -0.0122. The van der Waals surface area contributed by atoms with Crippen molar-refractivity contribution in [3.05, 3.63) is 40.1 Å². The number of amides is 2. The van der Waals surface area contributed by atoms with Crippen LogP contribution in [-0.2, 0) is 22.4 Å². The summed E-state index contributed by atoms with van der Waals surface area (Å²) in [5.41, 5.74) is 3.65. The zero-order valence-corrected chi connectivity index (χ0v) is 19.3. The Hall–Kier alpha value is -3.54. The summed E-state index contributed by atoms with van der Waals surface area (Å²) in [6, 6.07) is 5.47. The SMILES string of the molecule is CC(=O)NCC1CN(c2ccc3c(c2)CCCc2c(-c4cscc4OC(F)(F)F)noc2-3)C(=O)O1. The summed E-state index contributed by atoms with van der Waals surface area (Å²) in [7, 11) is 0. The Morgan fingerprint density at radius 2 is 2.11 bits per heavy atom. The first-order valence-electron chi connectivity index (χ1n) is 10.9. The van der Waals surface area contributed by atoms with Crippen LogP contribution < -0.4 is 15.0 Å². The minimum atomic E-state index is -4.81. The number of hydrogen-bond acceptors (Lipinski definition) is 7. The van der Waals surface area contributed by atoms with Gasteiger partial charge in [-0.05, 0) is 43.0 Å². The van der Waals surface area contributed by atoms with Crippen LogP contribution in [0.1, 0.15) is 24.5 Å². The van der Waals surface area contributed by atoms with Crippen molar-refractivity contribution in [1.82, 2.24) is 10.5 Å². The van der Waals surface area contributed by atoms with Crippen molar-refractivity contribution in [3.63, 3.8) is 0 Å². The molecular formula is C23H20F3N3O5S.